The fourth-order valence-corrected chi connectivity index (χ4v) is 3.28. The summed E-state index contributed by atoms with van der Waals surface area (Å²) >= 11 is 0. The van der Waals surface area contributed by atoms with Crippen LogP contribution in [-0.2, 0) is 0 Å². The van der Waals surface area contributed by atoms with E-state index >= 15 is 0 Å². The van der Waals surface area contributed by atoms with Gasteiger partial charge in [0.05, 0.1) is 6.10 Å². The number of carbonyl (C=O) groups excluding carboxylic acids is 1. The highest BCUT2D eigenvalue weighted by atomic mass is 16.3. The predicted octanol–water partition coefficient (Wildman–Crippen LogP) is 2.35. The van der Waals surface area contributed by atoms with E-state index in [9.17, 15) is 9.90 Å². The molecule has 1 aromatic carbocycles. The molecular formula is C20H33N3O2. The van der Waals surface area contributed by atoms with E-state index in [1.165, 1.54) is 0 Å². The van der Waals surface area contributed by atoms with Gasteiger partial charge in [-0.2, -0.15) is 0 Å². The molecule has 5 nitrogen and oxygen atoms in total. The van der Waals surface area contributed by atoms with E-state index in [0.717, 1.165) is 38.0 Å². The first-order valence-corrected chi connectivity index (χ1v) is 9.34. The summed E-state index contributed by atoms with van der Waals surface area (Å²) in [5, 5.41) is 12.7. The zero-order valence-electron chi connectivity index (χ0n) is 16.0. The molecule has 0 radical (unpaired) electrons. The topological polar surface area (TPSA) is 55.8 Å². The number of likely N-dealkylation sites (N-methyl/N-ethyl adjacent to an activating group) is 1. The lowest BCUT2D eigenvalue weighted by molar-refractivity contribution is 0.0938. The van der Waals surface area contributed by atoms with Gasteiger partial charge in [-0.1, -0.05) is 13.8 Å². The zero-order chi connectivity index (χ0) is 18.4. The summed E-state index contributed by atoms with van der Waals surface area (Å²) < 4.78 is 0. The van der Waals surface area contributed by atoms with Crippen molar-refractivity contribution in [2.45, 2.75) is 45.3 Å². The Morgan fingerprint density at radius 1 is 1.24 bits per heavy atom. The van der Waals surface area contributed by atoms with Crippen molar-refractivity contribution in [3.05, 3.63) is 29.8 Å². The Labute approximate surface area is 152 Å². The summed E-state index contributed by atoms with van der Waals surface area (Å²) in [5.41, 5.74) is 1.82. The molecule has 1 atom stereocenters. The Morgan fingerprint density at radius 3 is 2.36 bits per heavy atom. The zero-order valence-corrected chi connectivity index (χ0v) is 16.0. The maximum absolute atomic E-state index is 12.4. The lowest BCUT2D eigenvalue weighted by Crippen LogP contribution is -2.41. The first-order valence-electron chi connectivity index (χ1n) is 9.34. The first kappa shape index (κ1) is 19.7. The van der Waals surface area contributed by atoms with Crippen molar-refractivity contribution in [1.29, 1.82) is 0 Å². The second-order valence-electron chi connectivity index (χ2n) is 7.72. The standard InChI is InChI=1S/C20H33N3O2/c1-15(2)13-18(22(3)4)14-21-20(25)16-5-7-17(8-6-16)23-11-9-19(24)10-12-23/h5-8,15,18-19,24H,9-14H2,1-4H3,(H,21,25). The molecule has 1 heterocycles. The highest BCUT2D eigenvalue weighted by Crippen LogP contribution is 2.20. The van der Waals surface area contributed by atoms with Crippen LogP contribution in [-0.4, -0.2) is 61.8 Å². The van der Waals surface area contributed by atoms with Crippen LogP contribution in [0.2, 0.25) is 0 Å². The van der Waals surface area contributed by atoms with Crippen molar-refractivity contribution in [2.75, 3.05) is 38.6 Å². The van der Waals surface area contributed by atoms with Crippen molar-refractivity contribution in [3.8, 4) is 0 Å². The van der Waals surface area contributed by atoms with Crippen LogP contribution in [0.5, 0.6) is 0 Å². The molecule has 0 aromatic heterocycles. The van der Waals surface area contributed by atoms with Crippen LogP contribution in [0.4, 0.5) is 5.69 Å². The fraction of sp³-hybridized carbons (Fsp3) is 0.650. The van der Waals surface area contributed by atoms with Crippen LogP contribution in [0, 0.1) is 5.92 Å². The number of hydrogen-bond acceptors (Lipinski definition) is 4. The number of aliphatic hydroxyl groups is 1. The molecular weight excluding hydrogens is 314 g/mol. The molecule has 1 aliphatic heterocycles. The first-order chi connectivity index (χ1) is 11.9. The van der Waals surface area contributed by atoms with Gasteiger partial charge in [-0.3, -0.25) is 4.79 Å². The largest absolute Gasteiger partial charge is 0.393 e. The van der Waals surface area contributed by atoms with Crippen molar-refractivity contribution in [3.63, 3.8) is 0 Å². The molecule has 0 bridgehead atoms. The molecule has 2 rings (SSSR count). The Bertz CT molecular complexity index is 534. The lowest BCUT2D eigenvalue weighted by atomic mass is 10.0. The van der Waals surface area contributed by atoms with E-state index in [1.807, 2.05) is 24.3 Å². The quantitative estimate of drug-likeness (QED) is 0.795. The normalized spacial score (nSPS) is 17.2. The number of nitrogens with one attached hydrogen (secondary N) is 1. The molecule has 0 aliphatic carbocycles. The molecule has 140 valence electrons. The van der Waals surface area contributed by atoms with E-state index in [1.54, 1.807) is 0 Å². The lowest BCUT2D eigenvalue weighted by Gasteiger charge is -2.31. The van der Waals surface area contributed by atoms with Crippen LogP contribution >= 0.6 is 0 Å². The van der Waals surface area contributed by atoms with E-state index in [4.69, 9.17) is 0 Å². The maximum Gasteiger partial charge on any atom is 0.251 e. The Hall–Kier alpha value is -1.59. The van der Waals surface area contributed by atoms with Gasteiger partial charge in [0.25, 0.3) is 5.91 Å². The second kappa shape index (κ2) is 9.20. The average Bonchev–Trinajstić information content (AvgIpc) is 2.58. The SMILES string of the molecule is CC(C)CC(CNC(=O)c1ccc(N2CCC(O)CC2)cc1)N(C)C. The summed E-state index contributed by atoms with van der Waals surface area (Å²) in [6, 6.07) is 8.14. The van der Waals surface area contributed by atoms with Crippen LogP contribution in [0.3, 0.4) is 0 Å². The summed E-state index contributed by atoms with van der Waals surface area (Å²) in [4.78, 5) is 16.8. The Balaban J connectivity index is 1.89. The maximum atomic E-state index is 12.4. The summed E-state index contributed by atoms with van der Waals surface area (Å²) in [7, 11) is 4.12. The van der Waals surface area contributed by atoms with Gasteiger partial charge in [-0.05, 0) is 63.5 Å². The van der Waals surface area contributed by atoms with Crippen molar-refractivity contribution in [2.24, 2.45) is 5.92 Å². The van der Waals surface area contributed by atoms with Gasteiger partial charge < -0.3 is 20.2 Å². The molecule has 1 aliphatic rings. The van der Waals surface area contributed by atoms with Crippen molar-refractivity contribution < 1.29 is 9.90 Å². The third-order valence-electron chi connectivity index (χ3n) is 4.93. The number of rotatable bonds is 7. The minimum atomic E-state index is -0.170. The molecule has 1 fully saturated rings. The second-order valence-corrected chi connectivity index (χ2v) is 7.72. The number of hydrogen-bond donors (Lipinski definition) is 2. The number of anilines is 1. The molecule has 1 amide bonds. The van der Waals surface area contributed by atoms with Gasteiger partial charge >= 0.3 is 0 Å². The van der Waals surface area contributed by atoms with E-state index in [2.05, 4.69) is 43.1 Å². The minimum absolute atomic E-state index is 0.0174. The summed E-state index contributed by atoms with van der Waals surface area (Å²) in [5.74, 6) is 0.586. The Kier molecular flexibility index (Phi) is 7.26. The monoisotopic (exact) mass is 347 g/mol. The van der Waals surface area contributed by atoms with Crippen LogP contribution in [0.25, 0.3) is 0 Å². The Morgan fingerprint density at radius 2 is 1.84 bits per heavy atom. The molecule has 0 saturated carbocycles. The molecule has 1 saturated heterocycles. The molecule has 25 heavy (non-hydrogen) atoms. The van der Waals surface area contributed by atoms with Gasteiger partial charge in [-0.15, -0.1) is 0 Å². The molecule has 1 unspecified atom stereocenters. The number of aliphatic hydroxyl groups excluding tert-OH is 1. The van der Waals surface area contributed by atoms with Crippen molar-refractivity contribution in [1.82, 2.24) is 10.2 Å². The van der Waals surface area contributed by atoms with Crippen LogP contribution in [0.15, 0.2) is 24.3 Å². The van der Waals surface area contributed by atoms with Crippen LogP contribution in [0.1, 0.15) is 43.5 Å². The van der Waals surface area contributed by atoms with Gasteiger partial charge in [0, 0.05) is 36.9 Å². The summed E-state index contributed by atoms with van der Waals surface area (Å²) in [6.45, 7) is 6.81. The van der Waals surface area contributed by atoms with Gasteiger partial charge in [0.1, 0.15) is 0 Å². The highest BCUT2D eigenvalue weighted by molar-refractivity contribution is 5.94. The summed E-state index contributed by atoms with van der Waals surface area (Å²) in [6.07, 6.45) is 2.51. The van der Waals surface area contributed by atoms with E-state index < -0.39 is 0 Å². The fourth-order valence-electron chi connectivity index (χ4n) is 3.28. The van der Waals surface area contributed by atoms with Crippen molar-refractivity contribution >= 4 is 11.6 Å². The highest BCUT2D eigenvalue weighted by Gasteiger charge is 2.18. The third-order valence-corrected chi connectivity index (χ3v) is 4.93. The minimum Gasteiger partial charge on any atom is -0.393 e. The predicted molar refractivity (Wildman–Crippen MR) is 103 cm³/mol. The number of carbonyl (C=O) groups is 1. The average molecular weight is 348 g/mol. The van der Waals surface area contributed by atoms with Gasteiger partial charge in [0.2, 0.25) is 0 Å². The number of piperidine rings is 1. The number of amides is 1. The molecule has 1 aromatic rings. The number of benzene rings is 1. The molecule has 2 N–H and O–H groups in total. The van der Waals surface area contributed by atoms with Crippen LogP contribution < -0.4 is 10.2 Å². The van der Waals surface area contributed by atoms with Gasteiger partial charge in [-0.25, -0.2) is 0 Å². The molecule has 0 spiro atoms. The smallest absolute Gasteiger partial charge is 0.251 e. The number of nitrogens with zero attached hydrogens (tertiary/aromatic N) is 2. The third kappa shape index (κ3) is 6.01. The van der Waals surface area contributed by atoms with E-state index in [0.29, 0.717) is 24.1 Å². The van der Waals surface area contributed by atoms with E-state index in [-0.39, 0.29) is 12.0 Å². The van der Waals surface area contributed by atoms with Gasteiger partial charge in [0.15, 0.2) is 0 Å². The molecule has 5 heteroatoms.